The number of halogens is 1. The molecule has 2 unspecified atom stereocenters. The average Bonchev–Trinajstić information content (AvgIpc) is 2.43. The van der Waals surface area contributed by atoms with E-state index in [2.05, 4.69) is 17.1 Å². The number of morpholine rings is 1. The minimum absolute atomic E-state index is 0.0582. The topological polar surface area (TPSA) is 50.8 Å². The van der Waals surface area contributed by atoms with E-state index in [0.29, 0.717) is 29.6 Å². The SMILES string of the molecule is COc1ccc(NC(=O)CN2CC(C)OCC2C)cc1Cl. The lowest BCUT2D eigenvalue weighted by molar-refractivity contribution is -0.121. The first-order valence-corrected chi connectivity index (χ1v) is 7.36. The van der Waals surface area contributed by atoms with Crippen molar-refractivity contribution in [3.63, 3.8) is 0 Å². The number of carbonyl (C=O) groups is 1. The summed E-state index contributed by atoms with van der Waals surface area (Å²) < 4.78 is 10.6. The van der Waals surface area contributed by atoms with Gasteiger partial charge in [-0.25, -0.2) is 0 Å². The van der Waals surface area contributed by atoms with Gasteiger partial charge in [0.15, 0.2) is 0 Å². The fraction of sp³-hybridized carbons (Fsp3) is 0.533. The van der Waals surface area contributed by atoms with E-state index in [-0.39, 0.29) is 18.1 Å². The van der Waals surface area contributed by atoms with Gasteiger partial charge in [-0.15, -0.1) is 0 Å². The number of hydrogen-bond acceptors (Lipinski definition) is 4. The van der Waals surface area contributed by atoms with Crippen LogP contribution in [0, 0.1) is 0 Å². The number of rotatable bonds is 4. The minimum Gasteiger partial charge on any atom is -0.495 e. The highest BCUT2D eigenvalue weighted by Gasteiger charge is 2.25. The van der Waals surface area contributed by atoms with Gasteiger partial charge in [0.1, 0.15) is 5.75 Å². The Bertz CT molecular complexity index is 510. The van der Waals surface area contributed by atoms with Crippen molar-refractivity contribution in [1.82, 2.24) is 4.90 Å². The molecule has 1 heterocycles. The molecule has 2 atom stereocenters. The molecule has 0 saturated carbocycles. The first-order chi connectivity index (χ1) is 9.99. The van der Waals surface area contributed by atoms with Gasteiger partial charge in [0, 0.05) is 18.3 Å². The minimum atomic E-state index is -0.0582. The van der Waals surface area contributed by atoms with E-state index in [0.717, 1.165) is 6.54 Å². The quantitative estimate of drug-likeness (QED) is 0.927. The van der Waals surface area contributed by atoms with Crippen molar-refractivity contribution in [3.8, 4) is 5.75 Å². The molecule has 1 saturated heterocycles. The van der Waals surface area contributed by atoms with Crippen LogP contribution in [0.1, 0.15) is 13.8 Å². The van der Waals surface area contributed by atoms with Crippen molar-refractivity contribution in [2.45, 2.75) is 26.0 Å². The van der Waals surface area contributed by atoms with E-state index < -0.39 is 0 Å². The number of hydrogen-bond donors (Lipinski definition) is 1. The molecule has 0 aromatic heterocycles. The van der Waals surface area contributed by atoms with Gasteiger partial charge in [0.25, 0.3) is 0 Å². The molecule has 1 aliphatic rings. The number of nitrogens with one attached hydrogen (secondary N) is 1. The van der Waals surface area contributed by atoms with E-state index in [1.807, 2.05) is 6.92 Å². The van der Waals surface area contributed by atoms with Crippen LogP contribution >= 0.6 is 11.6 Å². The molecule has 21 heavy (non-hydrogen) atoms. The monoisotopic (exact) mass is 312 g/mol. The molecule has 1 aliphatic heterocycles. The molecule has 1 N–H and O–H groups in total. The number of amides is 1. The van der Waals surface area contributed by atoms with Crippen LogP contribution in [0.2, 0.25) is 5.02 Å². The summed E-state index contributed by atoms with van der Waals surface area (Å²) in [4.78, 5) is 14.3. The smallest absolute Gasteiger partial charge is 0.238 e. The lowest BCUT2D eigenvalue weighted by Gasteiger charge is -2.36. The van der Waals surface area contributed by atoms with Crippen molar-refractivity contribution in [2.24, 2.45) is 0 Å². The van der Waals surface area contributed by atoms with E-state index in [9.17, 15) is 4.79 Å². The standard InChI is InChI=1S/C15H21ClN2O3/c1-10-9-21-11(2)7-18(10)8-15(19)17-12-4-5-14(20-3)13(16)6-12/h4-6,10-11H,7-9H2,1-3H3,(H,17,19). The van der Waals surface area contributed by atoms with Crippen molar-refractivity contribution in [2.75, 3.05) is 32.1 Å². The van der Waals surface area contributed by atoms with Crippen LogP contribution in [0.3, 0.4) is 0 Å². The molecule has 0 aliphatic carbocycles. The van der Waals surface area contributed by atoms with Gasteiger partial charge in [-0.3, -0.25) is 9.69 Å². The third-order valence-corrected chi connectivity index (χ3v) is 3.81. The summed E-state index contributed by atoms with van der Waals surface area (Å²) in [5.41, 5.74) is 0.666. The summed E-state index contributed by atoms with van der Waals surface area (Å²) in [5.74, 6) is 0.530. The Morgan fingerprint density at radius 2 is 2.29 bits per heavy atom. The summed E-state index contributed by atoms with van der Waals surface area (Å²) in [6, 6.07) is 5.43. The van der Waals surface area contributed by atoms with Gasteiger partial charge in [-0.05, 0) is 32.0 Å². The van der Waals surface area contributed by atoms with E-state index in [1.54, 1.807) is 25.3 Å². The van der Waals surface area contributed by atoms with Crippen molar-refractivity contribution in [3.05, 3.63) is 23.2 Å². The number of carbonyl (C=O) groups excluding carboxylic acids is 1. The largest absolute Gasteiger partial charge is 0.495 e. The molecular weight excluding hydrogens is 292 g/mol. The predicted octanol–water partition coefficient (Wildman–Crippen LogP) is 2.40. The van der Waals surface area contributed by atoms with Crippen LogP contribution in [0.5, 0.6) is 5.75 Å². The normalized spacial score (nSPS) is 22.9. The molecule has 5 nitrogen and oxygen atoms in total. The van der Waals surface area contributed by atoms with Gasteiger partial charge in [-0.2, -0.15) is 0 Å². The molecule has 1 fully saturated rings. The van der Waals surface area contributed by atoms with Crippen molar-refractivity contribution < 1.29 is 14.3 Å². The second kappa shape index (κ2) is 7.11. The maximum atomic E-state index is 12.1. The second-order valence-corrected chi connectivity index (χ2v) is 5.73. The Morgan fingerprint density at radius 1 is 1.52 bits per heavy atom. The van der Waals surface area contributed by atoms with Crippen LogP contribution in [-0.4, -0.2) is 49.8 Å². The Morgan fingerprint density at radius 3 is 2.95 bits per heavy atom. The summed E-state index contributed by atoms with van der Waals surface area (Å²) in [7, 11) is 1.56. The number of nitrogens with zero attached hydrogens (tertiary/aromatic N) is 1. The zero-order valence-corrected chi connectivity index (χ0v) is 13.3. The molecule has 1 aromatic carbocycles. The molecule has 2 rings (SSSR count). The molecule has 1 amide bonds. The molecule has 0 spiro atoms. The Balaban J connectivity index is 1.93. The maximum absolute atomic E-state index is 12.1. The fourth-order valence-corrected chi connectivity index (χ4v) is 2.58. The van der Waals surface area contributed by atoms with E-state index >= 15 is 0 Å². The van der Waals surface area contributed by atoms with Crippen molar-refractivity contribution >= 4 is 23.2 Å². The van der Waals surface area contributed by atoms with Gasteiger partial charge in [0.2, 0.25) is 5.91 Å². The van der Waals surface area contributed by atoms with Gasteiger partial charge < -0.3 is 14.8 Å². The summed E-state index contributed by atoms with van der Waals surface area (Å²) in [5, 5.41) is 3.33. The van der Waals surface area contributed by atoms with Gasteiger partial charge >= 0.3 is 0 Å². The molecule has 116 valence electrons. The highest BCUT2D eigenvalue weighted by Crippen LogP contribution is 2.27. The van der Waals surface area contributed by atoms with E-state index in [1.165, 1.54) is 0 Å². The lowest BCUT2D eigenvalue weighted by Crippen LogP contribution is -2.50. The number of methoxy groups -OCH3 is 1. The number of benzene rings is 1. The Kier molecular flexibility index (Phi) is 5.45. The summed E-state index contributed by atoms with van der Waals surface area (Å²) in [6.07, 6.45) is 0.157. The van der Waals surface area contributed by atoms with Gasteiger partial charge in [0.05, 0.1) is 31.4 Å². The van der Waals surface area contributed by atoms with Crippen LogP contribution in [0.25, 0.3) is 0 Å². The van der Waals surface area contributed by atoms with Crippen LogP contribution in [0.15, 0.2) is 18.2 Å². The lowest BCUT2D eigenvalue weighted by atomic mass is 10.2. The third-order valence-electron chi connectivity index (χ3n) is 3.52. The molecule has 0 radical (unpaired) electrons. The first-order valence-electron chi connectivity index (χ1n) is 6.98. The second-order valence-electron chi connectivity index (χ2n) is 5.32. The van der Waals surface area contributed by atoms with Crippen LogP contribution < -0.4 is 10.1 Å². The molecule has 1 aromatic rings. The van der Waals surface area contributed by atoms with Crippen LogP contribution in [0.4, 0.5) is 5.69 Å². The number of ether oxygens (including phenoxy) is 2. The first kappa shape index (κ1) is 16.1. The zero-order valence-electron chi connectivity index (χ0n) is 12.6. The van der Waals surface area contributed by atoms with Gasteiger partial charge in [-0.1, -0.05) is 11.6 Å². The van der Waals surface area contributed by atoms with Crippen LogP contribution in [-0.2, 0) is 9.53 Å². The number of anilines is 1. The third kappa shape index (κ3) is 4.33. The van der Waals surface area contributed by atoms with Crippen molar-refractivity contribution in [1.29, 1.82) is 0 Å². The summed E-state index contributed by atoms with van der Waals surface area (Å²) in [6.45, 7) is 5.84. The highest BCUT2D eigenvalue weighted by molar-refractivity contribution is 6.32. The fourth-order valence-electron chi connectivity index (χ4n) is 2.32. The predicted molar refractivity (Wildman–Crippen MR) is 83.1 cm³/mol. The molecule has 0 bridgehead atoms. The molecule has 6 heteroatoms. The zero-order chi connectivity index (χ0) is 15.4. The average molecular weight is 313 g/mol. The maximum Gasteiger partial charge on any atom is 0.238 e. The van der Waals surface area contributed by atoms with E-state index in [4.69, 9.17) is 21.1 Å². The molecular formula is C15H21ClN2O3. The highest BCUT2D eigenvalue weighted by atomic mass is 35.5. The summed E-state index contributed by atoms with van der Waals surface area (Å²) >= 11 is 6.04. The Labute approximate surface area is 130 Å². The Hall–Kier alpha value is -1.30.